The van der Waals surface area contributed by atoms with E-state index in [-0.39, 0.29) is 11.9 Å². The van der Waals surface area contributed by atoms with Gasteiger partial charge in [0.15, 0.2) is 0 Å². The lowest BCUT2D eigenvalue weighted by Gasteiger charge is -2.12. The van der Waals surface area contributed by atoms with Gasteiger partial charge in [-0.2, -0.15) is 11.8 Å². The third-order valence-electron chi connectivity index (χ3n) is 3.36. The number of hydrogen-bond acceptors (Lipinski definition) is 5. The highest BCUT2D eigenvalue weighted by Crippen LogP contribution is 2.34. The SMILES string of the molecule is CSCCC(C)NC(=O)c1sc2nc(C)cc(C)c2c1N. The molecule has 1 unspecified atom stereocenters. The Morgan fingerprint density at radius 2 is 2.24 bits per heavy atom. The summed E-state index contributed by atoms with van der Waals surface area (Å²) in [5.74, 6) is 0.935. The van der Waals surface area contributed by atoms with Crippen LogP contribution >= 0.6 is 23.1 Å². The monoisotopic (exact) mass is 323 g/mol. The fourth-order valence-electron chi connectivity index (χ4n) is 2.29. The lowest BCUT2D eigenvalue weighted by molar-refractivity contribution is 0.0944. The van der Waals surface area contributed by atoms with E-state index in [1.807, 2.05) is 26.8 Å². The van der Waals surface area contributed by atoms with E-state index in [0.717, 1.165) is 33.6 Å². The molecule has 6 heteroatoms. The normalized spacial score (nSPS) is 12.6. The Morgan fingerprint density at radius 1 is 1.52 bits per heavy atom. The van der Waals surface area contributed by atoms with Gasteiger partial charge in [-0.25, -0.2) is 4.98 Å². The summed E-state index contributed by atoms with van der Waals surface area (Å²) in [6, 6.07) is 2.14. The Balaban J connectivity index is 2.28. The highest BCUT2D eigenvalue weighted by Gasteiger charge is 2.19. The van der Waals surface area contributed by atoms with Gasteiger partial charge >= 0.3 is 0 Å². The number of nitrogens with zero attached hydrogens (tertiary/aromatic N) is 1. The molecular formula is C15H21N3OS2. The standard InChI is InChI=1S/C15H21N3OS2/c1-8-7-10(3)18-15-11(8)12(16)13(21-15)14(19)17-9(2)5-6-20-4/h7,9H,5-6,16H2,1-4H3,(H,17,19). The van der Waals surface area contributed by atoms with Crippen molar-refractivity contribution in [2.45, 2.75) is 33.2 Å². The molecular weight excluding hydrogens is 302 g/mol. The van der Waals surface area contributed by atoms with E-state index in [1.165, 1.54) is 11.3 Å². The summed E-state index contributed by atoms with van der Waals surface area (Å²) in [5, 5.41) is 3.93. The molecule has 2 heterocycles. The maximum atomic E-state index is 12.4. The number of aryl methyl sites for hydroxylation is 2. The van der Waals surface area contributed by atoms with Crippen molar-refractivity contribution in [1.29, 1.82) is 0 Å². The average Bonchev–Trinajstić information content (AvgIpc) is 2.73. The third-order valence-corrected chi connectivity index (χ3v) is 5.11. The zero-order chi connectivity index (χ0) is 15.6. The van der Waals surface area contributed by atoms with Crippen molar-refractivity contribution < 1.29 is 4.79 Å². The van der Waals surface area contributed by atoms with E-state index < -0.39 is 0 Å². The number of nitrogens with one attached hydrogen (secondary N) is 1. The number of amides is 1. The lowest BCUT2D eigenvalue weighted by Crippen LogP contribution is -2.32. The van der Waals surface area contributed by atoms with Crippen molar-refractivity contribution in [3.8, 4) is 0 Å². The number of rotatable bonds is 5. The summed E-state index contributed by atoms with van der Waals surface area (Å²) in [6.45, 7) is 5.97. The molecule has 0 fully saturated rings. The van der Waals surface area contributed by atoms with E-state index >= 15 is 0 Å². The van der Waals surface area contributed by atoms with Crippen molar-refractivity contribution in [3.63, 3.8) is 0 Å². The number of fused-ring (bicyclic) bond motifs is 1. The molecule has 0 radical (unpaired) electrons. The maximum Gasteiger partial charge on any atom is 0.263 e. The van der Waals surface area contributed by atoms with Crippen LogP contribution in [0.3, 0.4) is 0 Å². The summed E-state index contributed by atoms with van der Waals surface area (Å²) in [6.07, 6.45) is 3.02. The molecule has 0 aromatic carbocycles. The number of carbonyl (C=O) groups excluding carboxylic acids is 1. The molecule has 2 aromatic rings. The first-order valence-electron chi connectivity index (χ1n) is 6.90. The maximum absolute atomic E-state index is 12.4. The Labute approximate surface area is 133 Å². The van der Waals surface area contributed by atoms with Crippen LogP contribution in [0.4, 0.5) is 5.69 Å². The number of nitrogen functional groups attached to an aromatic ring is 1. The zero-order valence-electron chi connectivity index (χ0n) is 12.8. The molecule has 2 aromatic heterocycles. The molecule has 21 heavy (non-hydrogen) atoms. The summed E-state index contributed by atoms with van der Waals surface area (Å²) >= 11 is 3.15. The van der Waals surface area contributed by atoms with Crippen molar-refractivity contribution >= 4 is 44.9 Å². The molecule has 1 amide bonds. The van der Waals surface area contributed by atoms with Gasteiger partial charge in [-0.05, 0) is 50.8 Å². The predicted molar refractivity (Wildman–Crippen MR) is 93.4 cm³/mol. The Bertz CT molecular complexity index is 666. The van der Waals surface area contributed by atoms with Crippen LogP contribution in [0.15, 0.2) is 6.07 Å². The molecule has 4 nitrogen and oxygen atoms in total. The number of thiophene rings is 1. The van der Waals surface area contributed by atoms with Gasteiger partial charge in [0.05, 0.1) is 5.69 Å². The fraction of sp³-hybridized carbons (Fsp3) is 0.467. The van der Waals surface area contributed by atoms with Crippen molar-refractivity contribution in [2.75, 3.05) is 17.7 Å². The first kappa shape index (κ1) is 16.1. The molecule has 2 rings (SSSR count). The van der Waals surface area contributed by atoms with Gasteiger partial charge in [0, 0.05) is 17.1 Å². The van der Waals surface area contributed by atoms with Gasteiger partial charge in [-0.1, -0.05) is 0 Å². The number of nitrogens with two attached hydrogens (primary N) is 1. The highest BCUT2D eigenvalue weighted by atomic mass is 32.2. The van der Waals surface area contributed by atoms with Gasteiger partial charge in [0.1, 0.15) is 9.71 Å². The number of thioether (sulfide) groups is 1. The third kappa shape index (κ3) is 3.49. The second kappa shape index (κ2) is 6.66. The van der Waals surface area contributed by atoms with Gasteiger partial charge in [-0.15, -0.1) is 11.3 Å². The van der Waals surface area contributed by atoms with Crippen molar-refractivity contribution in [2.24, 2.45) is 0 Å². The highest BCUT2D eigenvalue weighted by molar-refractivity contribution is 7.98. The molecule has 114 valence electrons. The molecule has 0 saturated carbocycles. The largest absolute Gasteiger partial charge is 0.397 e. The Morgan fingerprint density at radius 3 is 2.90 bits per heavy atom. The second-order valence-electron chi connectivity index (χ2n) is 5.26. The zero-order valence-corrected chi connectivity index (χ0v) is 14.5. The van der Waals surface area contributed by atoms with Crippen LogP contribution in [0.5, 0.6) is 0 Å². The topological polar surface area (TPSA) is 68.0 Å². The first-order valence-corrected chi connectivity index (χ1v) is 9.11. The van der Waals surface area contributed by atoms with Crippen LogP contribution < -0.4 is 11.1 Å². The van der Waals surface area contributed by atoms with Crippen LogP contribution in [-0.2, 0) is 0 Å². The smallest absolute Gasteiger partial charge is 0.263 e. The van der Waals surface area contributed by atoms with Crippen LogP contribution in [0.1, 0.15) is 34.3 Å². The summed E-state index contributed by atoms with van der Waals surface area (Å²) in [7, 11) is 0. The van der Waals surface area contributed by atoms with Gasteiger partial charge in [-0.3, -0.25) is 4.79 Å². The van der Waals surface area contributed by atoms with Crippen LogP contribution in [-0.4, -0.2) is 28.9 Å². The van der Waals surface area contributed by atoms with Gasteiger partial charge in [0.25, 0.3) is 5.91 Å². The van der Waals surface area contributed by atoms with E-state index in [1.54, 1.807) is 11.8 Å². The number of hydrogen-bond donors (Lipinski definition) is 2. The Hall–Kier alpha value is -1.27. The number of carbonyl (C=O) groups is 1. The van der Waals surface area contributed by atoms with E-state index in [4.69, 9.17) is 5.73 Å². The molecule has 0 aliphatic rings. The van der Waals surface area contributed by atoms with E-state index in [2.05, 4.69) is 16.6 Å². The molecule has 0 aliphatic carbocycles. The summed E-state index contributed by atoms with van der Waals surface area (Å²) in [5.41, 5.74) is 8.74. The van der Waals surface area contributed by atoms with Crippen LogP contribution in [0.25, 0.3) is 10.2 Å². The minimum atomic E-state index is -0.0962. The van der Waals surface area contributed by atoms with Gasteiger partial charge in [0.2, 0.25) is 0 Å². The van der Waals surface area contributed by atoms with E-state index in [9.17, 15) is 4.79 Å². The average molecular weight is 323 g/mol. The van der Waals surface area contributed by atoms with E-state index in [0.29, 0.717) is 10.6 Å². The minimum Gasteiger partial charge on any atom is -0.397 e. The quantitative estimate of drug-likeness (QED) is 0.885. The Kier molecular flexibility index (Phi) is 5.11. The van der Waals surface area contributed by atoms with Crippen LogP contribution in [0, 0.1) is 13.8 Å². The number of pyridine rings is 1. The van der Waals surface area contributed by atoms with Crippen LogP contribution in [0.2, 0.25) is 0 Å². The number of anilines is 1. The van der Waals surface area contributed by atoms with Crippen molar-refractivity contribution in [1.82, 2.24) is 10.3 Å². The van der Waals surface area contributed by atoms with Gasteiger partial charge < -0.3 is 11.1 Å². The molecule has 0 saturated heterocycles. The molecule has 0 spiro atoms. The minimum absolute atomic E-state index is 0.0962. The summed E-state index contributed by atoms with van der Waals surface area (Å²) in [4.78, 5) is 18.3. The predicted octanol–water partition coefficient (Wildman–Crippen LogP) is 3.37. The molecule has 0 bridgehead atoms. The second-order valence-corrected chi connectivity index (χ2v) is 7.25. The lowest BCUT2D eigenvalue weighted by atomic mass is 10.1. The first-order chi connectivity index (χ1) is 9.93. The van der Waals surface area contributed by atoms with Crippen molar-refractivity contribution in [3.05, 3.63) is 22.2 Å². The molecule has 1 atom stereocenters. The summed E-state index contributed by atoms with van der Waals surface area (Å²) < 4.78 is 0. The number of aromatic nitrogens is 1. The molecule has 0 aliphatic heterocycles. The fourth-order valence-corrected chi connectivity index (χ4v) is 4.00. The molecule has 3 N–H and O–H groups in total.